The van der Waals surface area contributed by atoms with Gasteiger partial charge in [-0.2, -0.15) is 0 Å². The van der Waals surface area contributed by atoms with Crippen molar-refractivity contribution in [1.29, 1.82) is 0 Å². The quantitative estimate of drug-likeness (QED) is 0.897. The molecule has 1 saturated heterocycles. The molecule has 126 valence electrons. The number of aliphatic hydroxyl groups excluding tert-OH is 1. The molecule has 0 radical (unpaired) electrons. The van der Waals surface area contributed by atoms with Gasteiger partial charge in [0.05, 0.1) is 4.88 Å². The number of hydrogen-bond acceptors (Lipinski definition) is 5. The Labute approximate surface area is 150 Å². The van der Waals surface area contributed by atoms with E-state index in [1.165, 1.54) is 11.3 Å². The van der Waals surface area contributed by atoms with Crippen LogP contribution in [0.2, 0.25) is 0 Å². The maximum atomic E-state index is 12.4. The van der Waals surface area contributed by atoms with Gasteiger partial charge >= 0.3 is 0 Å². The number of carbonyl (C=O) groups is 1. The molecule has 1 aliphatic rings. The number of halogens is 1. The third kappa shape index (κ3) is 4.55. The number of carbonyl (C=O) groups excluding carboxylic acids is 1. The topological polar surface area (TPSA) is 43.8 Å². The van der Waals surface area contributed by atoms with E-state index < -0.39 is 6.10 Å². The summed E-state index contributed by atoms with van der Waals surface area (Å²) in [5, 5.41) is 14.2. The van der Waals surface area contributed by atoms with Gasteiger partial charge in [-0.15, -0.1) is 35.1 Å². The molecule has 1 amide bonds. The van der Waals surface area contributed by atoms with Crippen molar-refractivity contribution < 1.29 is 9.90 Å². The molecule has 23 heavy (non-hydrogen) atoms. The molecule has 1 fully saturated rings. The predicted octanol–water partition coefficient (Wildman–Crippen LogP) is 3.03. The minimum atomic E-state index is -0.429. The van der Waals surface area contributed by atoms with Crippen molar-refractivity contribution in [3.8, 4) is 0 Å². The first-order valence-electron chi connectivity index (χ1n) is 7.42. The molecule has 2 aromatic heterocycles. The molecule has 0 bridgehead atoms. The molecular weight excluding hydrogens is 352 g/mol. The smallest absolute Gasteiger partial charge is 0.264 e. The lowest BCUT2D eigenvalue weighted by Gasteiger charge is -2.35. The average Bonchev–Trinajstić information content (AvgIpc) is 3.18. The Bertz CT molecular complexity index is 622. The summed E-state index contributed by atoms with van der Waals surface area (Å²) in [6, 6.07) is 5.89. The van der Waals surface area contributed by atoms with Crippen LogP contribution in [0.4, 0.5) is 0 Å². The molecule has 4 nitrogen and oxygen atoms in total. The van der Waals surface area contributed by atoms with Crippen molar-refractivity contribution in [2.24, 2.45) is 0 Å². The van der Waals surface area contributed by atoms with Gasteiger partial charge in [0.15, 0.2) is 0 Å². The zero-order chi connectivity index (χ0) is 15.5. The van der Waals surface area contributed by atoms with Crippen LogP contribution in [0.25, 0.3) is 0 Å². The highest BCUT2D eigenvalue weighted by Gasteiger charge is 2.24. The van der Waals surface area contributed by atoms with Crippen LogP contribution in [0.1, 0.15) is 26.2 Å². The maximum absolute atomic E-state index is 12.4. The van der Waals surface area contributed by atoms with Gasteiger partial charge in [0.2, 0.25) is 0 Å². The van der Waals surface area contributed by atoms with E-state index in [9.17, 15) is 9.90 Å². The van der Waals surface area contributed by atoms with Gasteiger partial charge in [-0.25, -0.2) is 0 Å². The molecule has 3 heterocycles. The summed E-state index contributed by atoms with van der Waals surface area (Å²) in [5.74, 6) is 0.136. The van der Waals surface area contributed by atoms with Gasteiger partial charge in [-0.3, -0.25) is 9.69 Å². The molecule has 2 aromatic rings. The minimum Gasteiger partial charge on any atom is -0.386 e. The lowest BCUT2D eigenvalue weighted by Crippen LogP contribution is -2.49. The molecule has 0 spiro atoms. The van der Waals surface area contributed by atoms with Crippen LogP contribution in [0, 0.1) is 6.92 Å². The number of hydrogen-bond donors (Lipinski definition) is 1. The van der Waals surface area contributed by atoms with E-state index in [1.807, 2.05) is 40.8 Å². The number of nitrogens with zero attached hydrogens (tertiary/aromatic N) is 2. The first-order valence-corrected chi connectivity index (χ1v) is 9.17. The highest BCUT2D eigenvalue weighted by atomic mass is 35.5. The van der Waals surface area contributed by atoms with Gasteiger partial charge in [-0.1, -0.05) is 6.07 Å². The second-order valence-electron chi connectivity index (χ2n) is 5.61. The summed E-state index contributed by atoms with van der Waals surface area (Å²) < 4.78 is 0. The largest absolute Gasteiger partial charge is 0.386 e. The van der Waals surface area contributed by atoms with Crippen LogP contribution in [0.3, 0.4) is 0 Å². The Morgan fingerprint density at radius 3 is 2.61 bits per heavy atom. The Morgan fingerprint density at radius 1 is 1.30 bits per heavy atom. The van der Waals surface area contributed by atoms with Gasteiger partial charge in [0.25, 0.3) is 5.91 Å². The predicted molar refractivity (Wildman–Crippen MR) is 97.9 cm³/mol. The number of rotatable bonds is 4. The zero-order valence-electron chi connectivity index (χ0n) is 13.0. The van der Waals surface area contributed by atoms with Crippen molar-refractivity contribution in [3.63, 3.8) is 0 Å². The first-order chi connectivity index (χ1) is 10.6. The van der Waals surface area contributed by atoms with Crippen molar-refractivity contribution >= 4 is 41.0 Å². The highest BCUT2D eigenvalue weighted by molar-refractivity contribution is 7.12. The Balaban J connectivity index is 0.00000192. The Kier molecular flexibility index (Phi) is 6.61. The summed E-state index contributed by atoms with van der Waals surface area (Å²) in [5.41, 5.74) is 1.14. The fourth-order valence-electron chi connectivity index (χ4n) is 2.65. The summed E-state index contributed by atoms with van der Waals surface area (Å²) in [6.07, 6.45) is -0.429. The van der Waals surface area contributed by atoms with Crippen LogP contribution < -0.4 is 0 Å². The van der Waals surface area contributed by atoms with Gasteiger partial charge < -0.3 is 10.0 Å². The Morgan fingerprint density at radius 2 is 2.04 bits per heavy atom. The van der Waals surface area contributed by atoms with E-state index in [1.54, 1.807) is 11.3 Å². The van der Waals surface area contributed by atoms with Crippen molar-refractivity contribution in [1.82, 2.24) is 9.80 Å². The van der Waals surface area contributed by atoms with Crippen molar-refractivity contribution in [2.45, 2.75) is 13.0 Å². The molecule has 1 atom stereocenters. The second-order valence-corrected chi connectivity index (χ2v) is 7.50. The number of thiophene rings is 2. The Hall–Kier alpha value is -0.920. The van der Waals surface area contributed by atoms with E-state index in [0.717, 1.165) is 41.5 Å². The summed E-state index contributed by atoms with van der Waals surface area (Å²) >= 11 is 3.10. The molecule has 1 unspecified atom stereocenters. The summed E-state index contributed by atoms with van der Waals surface area (Å²) in [7, 11) is 0. The normalized spacial score (nSPS) is 16.9. The standard InChI is InChI=1S/C16H20N2O2S2.ClH/c1-12-9-15(22-11-12)16(20)18-6-4-17(5-7-18)10-13(19)14-3-2-8-21-14;/h2-3,8-9,11,13,19H,4-7,10H2,1H3;1H. The number of piperazine rings is 1. The molecule has 1 N–H and O–H groups in total. The second kappa shape index (κ2) is 8.26. The van der Waals surface area contributed by atoms with Crippen LogP contribution in [-0.4, -0.2) is 53.5 Å². The summed E-state index contributed by atoms with van der Waals surface area (Å²) in [6.45, 7) is 5.74. The van der Waals surface area contributed by atoms with E-state index in [4.69, 9.17) is 0 Å². The number of β-amino-alcohol motifs (C(OH)–C–C–N with tert-alkyl or cyclic N) is 1. The zero-order valence-corrected chi connectivity index (χ0v) is 15.4. The average molecular weight is 373 g/mol. The van der Waals surface area contributed by atoms with Crippen LogP contribution >= 0.6 is 35.1 Å². The molecular formula is C16H21ClN2O2S2. The monoisotopic (exact) mass is 372 g/mol. The van der Waals surface area contributed by atoms with Crippen molar-refractivity contribution in [2.75, 3.05) is 32.7 Å². The van der Waals surface area contributed by atoms with Gasteiger partial charge in [0, 0.05) is 37.6 Å². The molecule has 0 saturated carbocycles. The minimum absolute atomic E-state index is 0. The summed E-state index contributed by atoms with van der Waals surface area (Å²) in [4.78, 5) is 18.4. The lowest BCUT2D eigenvalue weighted by atomic mass is 10.2. The van der Waals surface area contributed by atoms with Gasteiger partial charge in [0.1, 0.15) is 6.10 Å². The maximum Gasteiger partial charge on any atom is 0.264 e. The highest BCUT2D eigenvalue weighted by Crippen LogP contribution is 2.21. The van der Waals surface area contributed by atoms with Crippen LogP contribution in [0.15, 0.2) is 29.0 Å². The van der Waals surface area contributed by atoms with E-state index in [-0.39, 0.29) is 18.3 Å². The third-order valence-electron chi connectivity index (χ3n) is 3.90. The fourth-order valence-corrected chi connectivity index (χ4v) is 4.22. The van der Waals surface area contributed by atoms with E-state index in [2.05, 4.69) is 4.90 Å². The van der Waals surface area contributed by atoms with Gasteiger partial charge in [-0.05, 0) is 35.4 Å². The molecule has 0 aromatic carbocycles. The van der Waals surface area contributed by atoms with Crippen molar-refractivity contribution in [3.05, 3.63) is 44.3 Å². The van der Waals surface area contributed by atoms with Crippen LogP contribution in [-0.2, 0) is 0 Å². The molecule has 3 rings (SSSR count). The van der Waals surface area contributed by atoms with Crippen LogP contribution in [0.5, 0.6) is 0 Å². The molecule has 1 aliphatic heterocycles. The van der Waals surface area contributed by atoms with E-state index in [0.29, 0.717) is 6.54 Å². The number of aliphatic hydroxyl groups is 1. The lowest BCUT2D eigenvalue weighted by molar-refractivity contribution is 0.0536. The van der Waals surface area contributed by atoms with E-state index >= 15 is 0 Å². The fraction of sp³-hybridized carbons (Fsp3) is 0.438. The number of aryl methyl sites for hydroxylation is 1. The molecule has 7 heteroatoms. The third-order valence-corrected chi connectivity index (χ3v) is 5.91. The SMILES string of the molecule is Cc1csc(C(=O)N2CCN(CC(O)c3cccs3)CC2)c1.Cl. The first kappa shape index (κ1) is 18.4. The number of amides is 1. The molecule has 0 aliphatic carbocycles.